The van der Waals surface area contributed by atoms with Crippen molar-refractivity contribution in [2.45, 2.75) is 38.8 Å². The molecule has 1 aliphatic heterocycles. The van der Waals surface area contributed by atoms with Crippen LogP contribution in [0.15, 0.2) is 36.9 Å². The molecule has 6 heteroatoms. The van der Waals surface area contributed by atoms with Gasteiger partial charge in [0.2, 0.25) is 5.91 Å². The average Bonchev–Trinajstić information content (AvgIpc) is 2.67. The third-order valence-electron chi connectivity index (χ3n) is 4.60. The summed E-state index contributed by atoms with van der Waals surface area (Å²) in [4.78, 5) is 26.4. The number of halogens is 1. The minimum Gasteiger partial charge on any atom is -0.368 e. The van der Waals surface area contributed by atoms with Crippen LogP contribution in [0.5, 0.6) is 0 Å². The molecule has 2 rings (SSSR count). The highest BCUT2D eigenvalue weighted by Crippen LogP contribution is 2.19. The number of hydrogen-bond donors (Lipinski definition) is 1. The van der Waals surface area contributed by atoms with Crippen LogP contribution in [0.2, 0.25) is 0 Å². The molecule has 0 spiro atoms. The number of nitrogens with zero attached hydrogens (tertiary/aromatic N) is 1. The van der Waals surface area contributed by atoms with Crippen molar-refractivity contribution in [1.82, 2.24) is 10.2 Å². The van der Waals surface area contributed by atoms with E-state index >= 15 is 0 Å². The van der Waals surface area contributed by atoms with Crippen molar-refractivity contribution in [2.24, 2.45) is 5.92 Å². The number of benzene rings is 1. The van der Waals surface area contributed by atoms with Crippen molar-refractivity contribution in [3.8, 4) is 0 Å². The number of piperidine rings is 1. The number of hydrogen-bond acceptors (Lipinski definition) is 3. The summed E-state index contributed by atoms with van der Waals surface area (Å²) < 4.78 is 18.4. The fraction of sp³-hybridized carbons (Fsp3) is 0.500. The zero-order valence-electron chi connectivity index (χ0n) is 15.2. The van der Waals surface area contributed by atoms with E-state index in [0.29, 0.717) is 45.5 Å². The number of rotatable bonds is 8. The van der Waals surface area contributed by atoms with Crippen molar-refractivity contribution in [3.05, 3.63) is 48.3 Å². The molecule has 1 fully saturated rings. The Morgan fingerprint density at radius 2 is 2.00 bits per heavy atom. The first kappa shape index (κ1) is 20.1. The summed E-state index contributed by atoms with van der Waals surface area (Å²) in [5, 5.41) is 2.89. The third kappa shape index (κ3) is 5.95. The second-order valence-corrected chi connectivity index (χ2v) is 6.53. The molecule has 1 aromatic carbocycles. The van der Waals surface area contributed by atoms with E-state index in [1.165, 1.54) is 12.1 Å². The molecule has 0 saturated carbocycles. The first-order valence-electron chi connectivity index (χ1n) is 9.04. The average molecular weight is 362 g/mol. The molecule has 0 radical (unpaired) electrons. The van der Waals surface area contributed by atoms with Gasteiger partial charge in [-0.2, -0.15) is 0 Å². The third-order valence-corrected chi connectivity index (χ3v) is 4.60. The molecule has 0 bridgehead atoms. The molecule has 0 aliphatic carbocycles. The molecule has 1 N–H and O–H groups in total. The monoisotopic (exact) mass is 362 g/mol. The van der Waals surface area contributed by atoms with Crippen LogP contribution in [0.25, 0.3) is 0 Å². The fourth-order valence-electron chi connectivity index (χ4n) is 2.95. The van der Waals surface area contributed by atoms with Crippen molar-refractivity contribution < 1.29 is 18.7 Å². The van der Waals surface area contributed by atoms with Gasteiger partial charge in [-0.3, -0.25) is 9.59 Å². The first-order valence-corrected chi connectivity index (χ1v) is 9.04. The molecule has 1 heterocycles. The van der Waals surface area contributed by atoms with Gasteiger partial charge in [-0.15, -0.1) is 6.58 Å². The van der Waals surface area contributed by atoms with E-state index in [-0.39, 0.29) is 23.5 Å². The van der Waals surface area contributed by atoms with E-state index in [1.807, 2.05) is 0 Å². The summed E-state index contributed by atoms with van der Waals surface area (Å²) in [6.07, 6.45) is 3.28. The number of carbonyl (C=O) groups is 2. The van der Waals surface area contributed by atoms with E-state index in [9.17, 15) is 14.0 Å². The topological polar surface area (TPSA) is 58.6 Å². The standard InChI is InChI=1S/C20H27FN2O3/c1-3-4-13-26-15(2)20(25)23-11-9-17(10-12-23)19(24)22-14-16-5-7-18(21)8-6-16/h3,5-8,15,17H,1,4,9-14H2,2H3,(H,22,24). The predicted molar refractivity (Wildman–Crippen MR) is 97.8 cm³/mol. The molecule has 1 aromatic rings. The quantitative estimate of drug-likeness (QED) is 0.571. The number of amides is 2. The number of nitrogens with one attached hydrogen (secondary N) is 1. The van der Waals surface area contributed by atoms with Crippen LogP contribution in [0.4, 0.5) is 4.39 Å². The van der Waals surface area contributed by atoms with E-state index < -0.39 is 6.10 Å². The van der Waals surface area contributed by atoms with Gasteiger partial charge in [0, 0.05) is 25.6 Å². The highest BCUT2D eigenvalue weighted by molar-refractivity contribution is 5.82. The van der Waals surface area contributed by atoms with Crippen LogP contribution >= 0.6 is 0 Å². The summed E-state index contributed by atoms with van der Waals surface area (Å²) in [5.41, 5.74) is 0.859. The minimum absolute atomic E-state index is 0.0169. The Kier molecular flexibility index (Phi) is 7.78. The van der Waals surface area contributed by atoms with E-state index in [4.69, 9.17) is 4.74 Å². The fourth-order valence-corrected chi connectivity index (χ4v) is 2.95. The Morgan fingerprint density at radius 1 is 1.35 bits per heavy atom. The molecule has 2 amide bonds. The van der Waals surface area contributed by atoms with Gasteiger partial charge >= 0.3 is 0 Å². The lowest BCUT2D eigenvalue weighted by Crippen LogP contribution is -2.46. The molecule has 1 atom stereocenters. The molecule has 26 heavy (non-hydrogen) atoms. The van der Waals surface area contributed by atoms with Crippen LogP contribution in [0, 0.1) is 11.7 Å². The van der Waals surface area contributed by atoms with Gasteiger partial charge in [-0.25, -0.2) is 4.39 Å². The Morgan fingerprint density at radius 3 is 2.62 bits per heavy atom. The summed E-state index contributed by atoms with van der Waals surface area (Å²) >= 11 is 0. The largest absolute Gasteiger partial charge is 0.368 e. The number of ether oxygens (including phenoxy) is 1. The first-order chi connectivity index (χ1) is 12.5. The lowest BCUT2D eigenvalue weighted by Gasteiger charge is -2.33. The zero-order chi connectivity index (χ0) is 18.9. The molecule has 0 aromatic heterocycles. The SMILES string of the molecule is C=CCCOC(C)C(=O)N1CCC(C(=O)NCc2ccc(F)cc2)CC1. The van der Waals surface area contributed by atoms with Gasteiger partial charge in [-0.05, 0) is 43.9 Å². The predicted octanol–water partition coefficient (Wildman–Crippen LogP) is 2.66. The molecule has 142 valence electrons. The van der Waals surface area contributed by atoms with Crippen molar-refractivity contribution in [2.75, 3.05) is 19.7 Å². The smallest absolute Gasteiger partial charge is 0.251 e. The molecule has 5 nitrogen and oxygen atoms in total. The van der Waals surface area contributed by atoms with Crippen LogP contribution in [0.1, 0.15) is 31.7 Å². The maximum absolute atomic E-state index is 12.9. The molecular weight excluding hydrogens is 335 g/mol. The molecule has 1 aliphatic rings. The van der Waals surface area contributed by atoms with Gasteiger partial charge in [0.15, 0.2) is 0 Å². The van der Waals surface area contributed by atoms with E-state index in [2.05, 4.69) is 11.9 Å². The molecular formula is C20H27FN2O3. The maximum Gasteiger partial charge on any atom is 0.251 e. The lowest BCUT2D eigenvalue weighted by molar-refractivity contribution is -0.145. The van der Waals surface area contributed by atoms with Crippen LogP contribution in [-0.2, 0) is 20.9 Å². The Bertz CT molecular complexity index is 610. The summed E-state index contributed by atoms with van der Waals surface area (Å²) in [6, 6.07) is 6.07. The van der Waals surface area contributed by atoms with Gasteiger partial charge in [0.25, 0.3) is 5.91 Å². The van der Waals surface area contributed by atoms with Crippen LogP contribution in [-0.4, -0.2) is 42.5 Å². The maximum atomic E-state index is 12.9. The molecule has 1 unspecified atom stereocenters. The minimum atomic E-state index is -0.473. The normalized spacial score (nSPS) is 16.2. The van der Waals surface area contributed by atoms with Gasteiger partial charge in [0.1, 0.15) is 11.9 Å². The van der Waals surface area contributed by atoms with Crippen molar-refractivity contribution in [3.63, 3.8) is 0 Å². The summed E-state index contributed by atoms with van der Waals surface area (Å²) in [5.74, 6) is -0.438. The number of likely N-dealkylation sites (tertiary alicyclic amines) is 1. The van der Waals surface area contributed by atoms with Crippen molar-refractivity contribution >= 4 is 11.8 Å². The van der Waals surface area contributed by atoms with Gasteiger partial charge in [-0.1, -0.05) is 18.2 Å². The summed E-state index contributed by atoms with van der Waals surface area (Å²) in [6.45, 7) is 7.36. The summed E-state index contributed by atoms with van der Waals surface area (Å²) in [7, 11) is 0. The lowest BCUT2D eigenvalue weighted by atomic mass is 9.95. The van der Waals surface area contributed by atoms with E-state index in [1.54, 1.807) is 30.0 Å². The number of carbonyl (C=O) groups excluding carboxylic acids is 2. The highest BCUT2D eigenvalue weighted by atomic mass is 19.1. The van der Waals surface area contributed by atoms with Crippen LogP contribution in [0.3, 0.4) is 0 Å². The van der Waals surface area contributed by atoms with E-state index in [0.717, 1.165) is 5.56 Å². The zero-order valence-corrected chi connectivity index (χ0v) is 15.2. The Balaban J connectivity index is 1.72. The van der Waals surface area contributed by atoms with Gasteiger partial charge in [0.05, 0.1) is 6.61 Å². The van der Waals surface area contributed by atoms with Crippen molar-refractivity contribution in [1.29, 1.82) is 0 Å². The Labute approximate surface area is 154 Å². The second kappa shape index (κ2) is 10.1. The Hall–Kier alpha value is -2.21. The second-order valence-electron chi connectivity index (χ2n) is 6.53. The van der Waals surface area contributed by atoms with Gasteiger partial charge < -0.3 is 15.0 Å². The molecule has 1 saturated heterocycles. The highest BCUT2D eigenvalue weighted by Gasteiger charge is 2.29. The van der Waals surface area contributed by atoms with Crippen LogP contribution < -0.4 is 5.32 Å².